The number of aromatic nitrogens is 3. The number of H-pyrrole nitrogens is 1. The summed E-state index contributed by atoms with van der Waals surface area (Å²) in [5.74, 6) is -0.113. The van der Waals surface area contributed by atoms with E-state index in [4.69, 9.17) is 0 Å². The van der Waals surface area contributed by atoms with Gasteiger partial charge in [-0.3, -0.25) is 4.79 Å². The van der Waals surface area contributed by atoms with E-state index in [1.165, 1.54) is 6.20 Å². The van der Waals surface area contributed by atoms with Crippen molar-refractivity contribution in [2.75, 3.05) is 25.5 Å². The number of rotatable bonds is 5. The Morgan fingerprint density at radius 3 is 2.45 bits per heavy atom. The van der Waals surface area contributed by atoms with Crippen LogP contribution in [0.4, 0.5) is 5.69 Å². The predicted octanol–water partition coefficient (Wildman–Crippen LogP) is 1.53. The molecule has 0 spiro atoms. The maximum Gasteiger partial charge on any atom is 0.276 e. The molecule has 0 bridgehead atoms. The van der Waals surface area contributed by atoms with Crippen molar-refractivity contribution in [3.05, 3.63) is 41.7 Å². The van der Waals surface area contributed by atoms with E-state index in [1.54, 1.807) is 4.90 Å². The van der Waals surface area contributed by atoms with E-state index in [2.05, 4.69) is 15.4 Å². The molecular formula is C14H19N5O. The van der Waals surface area contributed by atoms with Crippen LogP contribution in [-0.2, 0) is 6.54 Å². The van der Waals surface area contributed by atoms with Crippen LogP contribution in [0.15, 0.2) is 30.5 Å². The fraction of sp³-hybridized carbons (Fsp3) is 0.357. The molecule has 0 atom stereocenters. The first-order valence-electron chi connectivity index (χ1n) is 6.53. The largest absolute Gasteiger partial charge is 0.378 e. The zero-order valence-corrected chi connectivity index (χ0v) is 12.0. The molecule has 1 amide bonds. The van der Waals surface area contributed by atoms with Crippen LogP contribution in [0.25, 0.3) is 0 Å². The molecule has 1 aromatic carbocycles. The van der Waals surface area contributed by atoms with Crippen LogP contribution in [0.3, 0.4) is 0 Å². The van der Waals surface area contributed by atoms with Gasteiger partial charge in [-0.2, -0.15) is 15.4 Å². The average molecular weight is 273 g/mol. The van der Waals surface area contributed by atoms with Crippen molar-refractivity contribution >= 4 is 11.6 Å². The fourth-order valence-electron chi connectivity index (χ4n) is 1.91. The number of nitrogens with one attached hydrogen (secondary N) is 1. The molecule has 2 aromatic rings. The zero-order valence-electron chi connectivity index (χ0n) is 12.0. The molecule has 0 saturated carbocycles. The molecule has 0 aliphatic carbocycles. The normalized spacial score (nSPS) is 10.3. The molecule has 0 unspecified atom stereocenters. The van der Waals surface area contributed by atoms with Gasteiger partial charge in [-0.25, -0.2) is 0 Å². The second-order valence-corrected chi connectivity index (χ2v) is 4.74. The fourth-order valence-corrected chi connectivity index (χ4v) is 1.91. The minimum atomic E-state index is -0.113. The first kappa shape index (κ1) is 14.0. The number of hydrogen-bond acceptors (Lipinski definition) is 4. The van der Waals surface area contributed by atoms with Crippen molar-refractivity contribution in [3.63, 3.8) is 0 Å². The van der Waals surface area contributed by atoms with E-state index in [0.717, 1.165) is 11.3 Å². The molecule has 0 saturated heterocycles. The van der Waals surface area contributed by atoms with Crippen LogP contribution < -0.4 is 4.90 Å². The van der Waals surface area contributed by atoms with Crippen LogP contribution in [0.5, 0.6) is 0 Å². The molecule has 6 heteroatoms. The van der Waals surface area contributed by atoms with Crippen molar-refractivity contribution in [3.8, 4) is 0 Å². The molecule has 0 aliphatic rings. The van der Waals surface area contributed by atoms with Crippen molar-refractivity contribution in [2.24, 2.45) is 0 Å². The molecule has 106 valence electrons. The number of benzene rings is 1. The van der Waals surface area contributed by atoms with Crippen molar-refractivity contribution in [2.45, 2.75) is 13.5 Å². The van der Waals surface area contributed by atoms with E-state index >= 15 is 0 Å². The Morgan fingerprint density at radius 2 is 1.95 bits per heavy atom. The SMILES string of the molecule is CCN(Cc1ccc(N(C)C)cc1)C(=O)c1cn[nH]n1. The number of nitrogens with zero attached hydrogens (tertiary/aromatic N) is 4. The van der Waals surface area contributed by atoms with Gasteiger partial charge >= 0.3 is 0 Å². The Labute approximate surface area is 118 Å². The molecule has 0 aliphatic heterocycles. The number of carbonyl (C=O) groups is 1. The molecular weight excluding hydrogens is 254 g/mol. The van der Waals surface area contributed by atoms with Crippen molar-refractivity contribution in [1.29, 1.82) is 0 Å². The molecule has 0 radical (unpaired) electrons. The van der Waals surface area contributed by atoms with Gasteiger partial charge in [0.25, 0.3) is 5.91 Å². The van der Waals surface area contributed by atoms with Gasteiger partial charge in [0.1, 0.15) is 0 Å². The minimum Gasteiger partial charge on any atom is -0.378 e. The van der Waals surface area contributed by atoms with Crippen LogP contribution in [-0.4, -0.2) is 46.9 Å². The lowest BCUT2D eigenvalue weighted by atomic mass is 10.2. The van der Waals surface area contributed by atoms with Gasteiger partial charge in [-0.05, 0) is 24.6 Å². The Hall–Kier alpha value is -2.37. The van der Waals surface area contributed by atoms with Crippen molar-refractivity contribution < 1.29 is 4.79 Å². The maximum atomic E-state index is 12.2. The summed E-state index contributed by atoms with van der Waals surface area (Å²) in [5, 5.41) is 9.96. The van der Waals surface area contributed by atoms with Gasteiger partial charge < -0.3 is 9.80 Å². The first-order valence-corrected chi connectivity index (χ1v) is 6.53. The van der Waals surface area contributed by atoms with Crippen LogP contribution >= 0.6 is 0 Å². The van der Waals surface area contributed by atoms with E-state index in [-0.39, 0.29) is 5.91 Å². The summed E-state index contributed by atoms with van der Waals surface area (Å²) in [5.41, 5.74) is 2.57. The summed E-state index contributed by atoms with van der Waals surface area (Å²) in [6, 6.07) is 8.16. The summed E-state index contributed by atoms with van der Waals surface area (Å²) in [7, 11) is 4.00. The number of carbonyl (C=O) groups excluding carboxylic acids is 1. The highest BCUT2D eigenvalue weighted by Crippen LogP contribution is 2.14. The Balaban J connectivity index is 2.08. The first-order chi connectivity index (χ1) is 9.61. The number of amides is 1. The lowest BCUT2D eigenvalue weighted by molar-refractivity contribution is 0.0746. The Morgan fingerprint density at radius 1 is 1.25 bits per heavy atom. The van der Waals surface area contributed by atoms with Gasteiger partial charge in [0.05, 0.1) is 6.20 Å². The van der Waals surface area contributed by atoms with Crippen molar-refractivity contribution in [1.82, 2.24) is 20.3 Å². The second-order valence-electron chi connectivity index (χ2n) is 4.74. The molecule has 1 aromatic heterocycles. The summed E-state index contributed by atoms with van der Waals surface area (Å²) in [4.78, 5) is 16.0. The van der Waals surface area contributed by atoms with E-state index in [0.29, 0.717) is 18.8 Å². The molecule has 20 heavy (non-hydrogen) atoms. The highest BCUT2D eigenvalue weighted by molar-refractivity contribution is 5.91. The minimum absolute atomic E-state index is 0.113. The maximum absolute atomic E-state index is 12.2. The third-order valence-electron chi connectivity index (χ3n) is 3.13. The van der Waals surface area contributed by atoms with Crippen LogP contribution in [0.1, 0.15) is 23.0 Å². The lowest BCUT2D eigenvalue weighted by Crippen LogP contribution is -2.30. The van der Waals surface area contributed by atoms with Gasteiger partial charge in [-0.1, -0.05) is 12.1 Å². The average Bonchev–Trinajstić information content (AvgIpc) is 2.98. The summed E-state index contributed by atoms with van der Waals surface area (Å²) >= 11 is 0. The molecule has 1 N–H and O–H groups in total. The monoisotopic (exact) mass is 273 g/mol. The van der Waals surface area contributed by atoms with Gasteiger partial charge in [0.2, 0.25) is 0 Å². The predicted molar refractivity (Wildman–Crippen MR) is 77.6 cm³/mol. The summed E-state index contributed by atoms with van der Waals surface area (Å²) in [6.45, 7) is 3.14. The van der Waals surface area contributed by atoms with E-state index in [9.17, 15) is 4.79 Å². The quantitative estimate of drug-likeness (QED) is 0.897. The van der Waals surface area contributed by atoms with Gasteiger partial charge in [-0.15, -0.1) is 0 Å². The van der Waals surface area contributed by atoms with Gasteiger partial charge in [0.15, 0.2) is 5.69 Å². The number of aromatic amines is 1. The van der Waals surface area contributed by atoms with E-state index < -0.39 is 0 Å². The zero-order chi connectivity index (χ0) is 14.5. The smallest absolute Gasteiger partial charge is 0.276 e. The van der Waals surface area contributed by atoms with Gasteiger partial charge in [0, 0.05) is 32.9 Å². The summed E-state index contributed by atoms with van der Waals surface area (Å²) < 4.78 is 0. The number of anilines is 1. The van der Waals surface area contributed by atoms with Crippen LogP contribution in [0, 0.1) is 0 Å². The van der Waals surface area contributed by atoms with E-state index in [1.807, 2.05) is 50.2 Å². The van der Waals surface area contributed by atoms with Crippen LogP contribution in [0.2, 0.25) is 0 Å². The number of hydrogen-bond donors (Lipinski definition) is 1. The molecule has 2 rings (SSSR count). The topological polar surface area (TPSA) is 65.1 Å². The Bertz CT molecular complexity index is 547. The lowest BCUT2D eigenvalue weighted by Gasteiger charge is -2.20. The Kier molecular flexibility index (Phi) is 4.34. The second kappa shape index (κ2) is 6.18. The third-order valence-corrected chi connectivity index (χ3v) is 3.13. The highest BCUT2D eigenvalue weighted by atomic mass is 16.2. The third kappa shape index (κ3) is 3.14. The summed E-state index contributed by atoms with van der Waals surface area (Å²) in [6.07, 6.45) is 1.44. The standard InChI is InChI=1S/C14H19N5O/c1-4-19(14(20)13-9-15-17-16-13)10-11-5-7-12(8-6-11)18(2)3/h5-9H,4,10H2,1-3H3,(H,15,16,17). The molecule has 0 fully saturated rings. The molecule has 1 heterocycles. The molecule has 6 nitrogen and oxygen atoms in total. The highest BCUT2D eigenvalue weighted by Gasteiger charge is 2.16.